The highest BCUT2D eigenvalue weighted by atomic mass is 79.9. The van der Waals surface area contributed by atoms with Gasteiger partial charge >= 0.3 is 0 Å². The summed E-state index contributed by atoms with van der Waals surface area (Å²) in [6, 6.07) is 22.7. The lowest BCUT2D eigenvalue weighted by Gasteiger charge is -2.22. The molecule has 150 valence electrons. The third-order valence-electron chi connectivity index (χ3n) is 4.08. The van der Waals surface area contributed by atoms with Crippen LogP contribution in [0.3, 0.4) is 0 Å². The minimum absolute atomic E-state index is 0.0884. The molecule has 0 radical (unpaired) electrons. The van der Waals surface area contributed by atoms with Gasteiger partial charge in [0.25, 0.3) is 0 Å². The summed E-state index contributed by atoms with van der Waals surface area (Å²) in [5, 5.41) is 2.75. The number of carbonyl (C=O) groups is 1. The fourth-order valence-corrected chi connectivity index (χ4v) is 4.74. The monoisotopic (exact) mass is 536 g/mol. The van der Waals surface area contributed by atoms with Crippen molar-refractivity contribution in [3.63, 3.8) is 0 Å². The zero-order valence-corrected chi connectivity index (χ0v) is 19.2. The van der Waals surface area contributed by atoms with Crippen molar-refractivity contribution in [3.8, 4) is 0 Å². The average molecular weight is 538 g/mol. The largest absolute Gasteiger partial charge is 0.325 e. The van der Waals surface area contributed by atoms with Crippen molar-refractivity contribution in [2.45, 2.75) is 11.4 Å². The molecule has 3 aromatic rings. The van der Waals surface area contributed by atoms with E-state index >= 15 is 0 Å². The van der Waals surface area contributed by atoms with Gasteiger partial charge in [-0.15, -0.1) is 0 Å². The molecule has 3 rings (SSSR count). The van der Waals surface area contributed by atoms with Crippen LogP contribution < -0.4 is 5.32 Å². The molecule has 3 aromatic carbocycles. The van der Waals surface area contributed by atoms with Gasteiger partial charge in [-0.3, -0.25) is 4.79 Å². The van der Waals surface area contributed by atoms with Crippen molar-refractivity contribution in [3.05, 3.63) is 93.4 Å². The first-order chi connectivity index (χ1) is 13.8. The molecule has 0 aliphatic heterocycles. The van der Waals surface area contributed by atoms with E-state index in [1.165, 1.54) is 16.4 Å². The Bertz CT molecular complexity index is 1090. The predicted octanol–water partition coefficient (Wildman–Crippen LogP) is 5.04. The standard InChI is InChI=1S/C21H18Br2N2O3S/c22-17-9-11-20(12-10-17)29(27,28)25(14-16-5-2-1-3-6-16)15-21(26)24-19-8-4-7-18(23)13-19/h1-13H,14-15H2,(H,24,26). The molecule has 0 heterocycles. The van der Waals surface area contributed by atoms with Gasteiger partial charge in [0.15, 0.2) is 0 Å². The van der Waals surface area contributed by atoms with E-state index in [2.05, 4.69) is 37.2 Å². The number of halogens is 2. The topological polar surface area (TPSA) is 66.5 Å². The van der Waals surface area contributed by atoms with Crippen LogP contribution in [0.15, 0.2) is 92.7 Å². The Hall–Kier alpha value is -2.00. The van der Waals surface area contributed by atoms with Crippen molar-refractivity contribution in [2.75, 3.05) is 11.9 Å². The predicted molar refractivity (Wildman–Crippen MR) is 121 cm³/mol. The molecule has 0 atom stereocenters. The first-order valence-electron chi connectivity index (χ1n) is 8.70. The summed E-state index contributed by atoms with van der Waals surface area (Å²) in [6.07, 6.45) is 0. The summed E-state index contributed by atoms with van der Waals surface area (Å²) in [6.45, 7) is -0.217. The van der Waals surface area contributed by atoms with Crippen LogP contribution in [0.25, 0.3) is 0 Å². The molecule has 1 N–H and O–H groups in total. The van der Waals surface area contributed by atoms with Gasteiger partial charge < -0.3 is 5.32 Å². The molecule has 0 bridgehead atoms. The Morgan fingerprint density at radius 3 is 2.21 bits per heavy atom. The molecule has 0 unspecified atom stereocenters. The highest BCUT2D eigenvalue weighted by molar-refractivity contribution is 9.10. The van der Waals surface area contributed by atoms with Crippen LogP contribution in [0.5, 0.6) is 0 Å². The molecule has 0 saturated heterocycles. The first-order valence-corrected chi connectivity index (χ1v) is 11.7. The number of sulfonamides is 1. The molecule has 8 heteroatoms. The second kappa shape index (κ2) is 9.67. The van der Waals surface area contributed by atoms with E-state index in [9.17, 15) is 13.2 Å². The lowest BCUT2D eigenvalue weighted by Crippen LogP contribution is -2.37. The summed E-state index contributed by atoms with van der Waals surface area (Å²) in [5.74, 6) is -0.417. The van der Waals surface area contributed by atoms with Crippen LogP contribution in [0.1, 0.15) is 5.56 Å². The van der Waals surface area contributed by atoms with Gasteiger partial charge in [0.05, 0.1) is 11.4 Å². The fourth-order valence-electron chi connectivity index (χ4n) is 2.70. The van der Waals surface area contributed by atoms with Crippen LogP contribution in [0, 0.1) is 0 Å². The maximum atomic E-state index is 13.2. The maximum absolute atomic E-state index is 13.2. The lowest BCUT2D eigenvalue weighted by molar-refractivity contribution is -0.116. The van der Waals surface area contributed by atoms with Gasteiger partial charge in [-0.05, 0) is 48.0 Å². The fraction of sp³-hybridized carbons (Fsp3) is 0.0952. The first kappa shape index (κ1) is 21.7. The van der Waals surface area contributed by atoms with Crippen LogP contribution in [-0.4, -0.2) is 25.2 Å². The molecule has 29 heavy (non-hydrogen) atoms. The minimum Gasteiger partial charge on any atom is -0.325 e. The second-order valence-corrected chi connectivity index (χ2v) is 10.0. The summed E-state index contributed by atoms with van der Waals surface area (Å²) in [4.78, 5) is 12.7. The van der Waals surface area contributed by atoms with E-state index in [-0.39, 0.29) is 18.0 Å². The zero-order valence-electron chi connectivity index (χ0n) is 15.3. The summed E-state index contributed by atoms with van der Waals surface area (Å²) in [7, 11) is -3.87. The van der Waals surface area contributed by atoms with E-state index in [1.807, 2.05) is 36.4 Å². The van der Waals surface area contributed by atoms with Crippen molar-refractivity contribution in [1.29, 1.82) is 0 Å². The number of carbonyl (C=O) groups excluding carboxylic acids is 1. The second-order valence-electron chi connectivity index (χ2n) is 6.27. The van der Waals surface area contributed by atoms with E-state index in [1.54, 1.807) is 30.3 Å². The van der Waals surface area contributed by atoms with Crippen LogP contribution in [-0.2, 0) is 21.4 Å². The lowest BCUT2D eigenvalue weighted by atomic mass is 10.2. The quantitative estimate of drug-likeness (QED) is 0.459. The Balaban J connectivity index is 1.86. The van der Waals surface area contributed by atoms with E-state index in [0.717, 1.165) is 14.5 Å². The number of anilines is 1. The molecule has 1 amide bonds. The SMILES string of the molecule is O=C(CN(Cc1ccccc1)S(=O)(=O)c1ccc(Br)cc1)Nc1cccc(Br)c1. The van der Waals surface area contributed by atoms with E-state index in [0.29, 0.717) is 5.69 Å². The summed E-state index contributed by atoms with van der Waals surface area (Å²) >= 11 is 6.66. The number of amides is 1. The van der Waals surface area contributed by atoms with Crippen molar-refractivity contribution in [2.24, 2.45) is 0 Å². The number of nitrogens with zero attached hydrogens (tertiary/aromatic N) is 1. The number of benzene rings is 3. The van der Waals surface area contributed by atoms with Gasteiger partial charge in [-0.2, -0.15) is 4.31 Å². The number of nitrogens with one attached hydrogen (secondary N) is 1. The number of hydrogen-bond donors (Lipinski definition) is 1. The Kier molecular flexibility index (Phi) is 7.23. The highest BCUT2D eigenvalue weighted by Gasteiger charge is 2.27. The van der Waals surface area contributed by atoms with Crippen LogP contribution in [0.2, 0.25) is 0 Å². The number of rotatable bonds is 7. The molecule has 0 fully saturated rings. The molecular formula is C21H18Br2N2O3S. The van der Waals surface area contributed by atoms with E-state index in [4.69, 9.17) is 0 Å². The summed E-state index contributed by atoms with van der Waals surface area (Å²) < 4.78 is 29.2. The Morgan fingerprint density at radius 1 is 0.862 bits per heavy atom. The molecular weight excluding hydrogens is 520 g/mol. The Morgan fingerprint density at radius 2 is 1.55 bits per heavy atom. The number of hydrogen-bond acceptors (Lipinski definition) is 3. The Labute approximate surface area is 187 Å². The van der Waals surface area contributed by atoms with Crippen LogP contribution >= 0.6 is 31.9 Å². The van der Waals surface area contributed by atoms with Crippen LogP contribution in [0.4, 0.5) is 5.69 Å². The third kappa shape index (κ3) is 5.99. The maximum Gasteiger partial charge on any atom is 0.243 e. The minimum atomic E-state index is -3.87. The molecule has 0 aromatic heterocycles. The third-order valence-corrected chi connectivity index (χ3v) is 6.91. The van der Waals surface area contributed by atoms with Crippen molar-refractivity contribution >= 4 is 53.5 Å². The van der Waals surface area contributed by atoms with Gasteiger partial charge in [0.1, 0.15) is 0 Å². The van der Waals surface area contributed by atoms with Gasteiger partial charge in [-0.25, -0.2) is 8.42 Å². The van der Waals surface area contributed by atoms with E-state index < -0.39 is 15.9 Å². The average Bonchev–Trinajstić information content (AvgIpc) is 2.68. The molecule has 0 saturated carbocycles. The molecule has 0 aliphatic rings. The smallest absolute Gasteiger partial charge is 0.243 e. The van der Waals surface area contributed by atoms with Gasteiger partial charge in [0.2, 0.25) is 15.9 Å². The van der Waals surface area contributed by atoms with Crippen molar-refractivity contribution in [1.82, 2.24) is 4.31 Å². The molecule has 5 nitrogen and oxygen atoms in total. The summed E-state index contributed by atoms with van der Waals surface area (Å²) in [5.41, 5.74) is 1.38. The normalized spacial score (nSPS) is 11.4. The van der Waals surface area contributed by atoms with Gasteiger partial charge in [-0.1, -0.05) is 68.3 Å². The molecule has 0 spiro atoms. The molecule has 0 aliphatic carbocycles. The van der Waals surface area contributed by atoms with Gasteiger partial charge in [0, 0.05) is 21.2 Å². The zero-order chi connectivity index (χ0) is 20.9. The van der Waals surface area contributed by atoms with Crippen molar-refractivity contribution < 1.29 is 13.2 Å². The highest BCUT2D eigenvalue weighted by Crippen LogP contribution is 2.21.